The summed E-state index contributed by atoms with van der Waals surface area (Å²) in [5, 5.41) is 10.4. The van der Waals surface area contributed by atoms with Gasteiger partial charge in [0, 0.05) is 10.8 Å². The van der Waals surface area contributed by atoms with Crippen molar-refractivity contribution in [3.05, 3.63) is 143 Å². The SMILES string of the molecule is Cc1ccc(C2(CO)CCN(CCC(c3ccccc3)(c3ccccc3)c3ccccc3)CC2)cc1.Cl. The Morgan fingerprint density at radius 2 is 1.11 bits per heavy atom. The summed E-state index contributed by atoms with van der Waals surface area (Å²) < 4.78 is 0. The molecule has 0 amide bonds. The van der Waals surface area contributed by atoms with Crippen molar-refractivity contribution in [1.82, 2.24) is 4.90 Å². The van der Waals surface area contributed by atoms with E-state index < -0.39 is 0 Å². The predicted octanol–water partition coefficient (Wildman–Crippen LogP) is 7.17. The standard InChI is InChI=1S/C34H37NO.ClH/c1-28-17-19-29(20-18-28)33(27-36)21-24-35(25-22-33)26-23-34(30-11-5-2-6-12-30,31-13-7-3-8-14-31)32-15-9-4-10-16-32;/h2-20,36H,21-27H2,1H3;1H. The van der Waals surface area contributed by atoms with E-state index in [0.717, 1.165) is 38.9 Å². The molecule has 0 spiro atoms. The van der Waals surface area contributed by atoms with Gasteiger partial charge in [0.2, 0.25) is 0 Å². The van der Waals surface area contributed by atoms with Gasteiger partial charge < -0.3 is 10.0 Å². The molecule has 0 radical (unpaired) electrons. The Labute approximate surface area is 228 Å². The topological polar surface area (TPSA) is 23.5 Å². The number of halogens is 1. The lowest BCUT2D eigenvalue weighted by molar-refractivity contribution is 0.0983. The zero-order chi connectivity index (χ0) is 24.8. The van der Waals surface area contributed by atoms with E-state index in [1.165, 1.54) is 27.8 Å². The summed E-state index contributed by atoms with van der Waals surface area (Å²) in [6, 6.07) is 41.8. The summed E-state index contributed by atoms with van der Waals surface area (Å²) in [4.78, 5) is 2.60. The van der Waals surface area contributed by atoms with E-state index in [9.17, 15) is 5.11 Å². The summed E-state index contributed by atoms with van der Waals surface area (Å²) >= 11 is 0. The van der Waals surface area contributed by atoms with Gasteiger partial charge in [-0.25, -0.2) is 0 Å². The third-order valence-corrected chi connectivity index (χ3v) is 8.38. The zero-order valence-electron chi connectivity index (χ0n) is 21.7. The van der Waals surface area contributed by atoms with E-state index in [0.29, 0.717) is 0 Å². The van der Waals surface area contributed by atoms with Crippen molar-refractivity contribution >= 4 is 12.4 Å². The minimum Gasteiger partial charge on any atom is -0.395 e. The van der Waals surface area contributed by atoms with Crippen LogP contribution < -0.4 is 0 Å². The number of aliphatic hydroxyl groups excluding tert-OH is 1. The molecule has 1 heterocycles. The Balaban J connectivity index is 0.00000320. The first kappa shape index (κ1) is 27.1. The van der Waals surface area contributed by atoms with E-state index in [-0.39, 0.29) is 29.8 Å². The van der Waals surface area contributed by atoms with E-state index in [4.69, 9.17) is 0 Å². The van der Waals surface area contributed by atoms with Gasteiger partial charge in [-0.1, -0.05) is 121 Å². The van der Waals surface area contributed by atoms with Gasteiger partial charge in [-0.3, -0.25) is 0 Å². The van der Waals surface area contributed by atoms with Crippen LogP contribution in [0.4, 0.5) is 0 Å². The maximum Gasteiger partial charge on any atom is 0.0528 e. The van der Waals surface area contributed by atoms with Gasteiger partial charge >= 0.3 is 0 Å². The molecule has 3 heteroatoms. The lowest BCUT2D eigenvalue weighted by Gasteiger charge is -2.43. The van der Waals surface area contributed by atoms with Crippen LogP contribution >= 0.6 is 12.4 Å². The molecule has 0 aliphatic carbocycles. The van der Waals surface area contributed by atoms with Crippen LogP contribution in [0.15, 0.2) is 115 Å². The molecule has 1 N–H and O–H groups in total. The maximum absolute atomic E-state index is 10.4. The molecule has 5 rings (SSSR count). The number of piperidine rings is 1. The minimum atomic E-state index is -0.216. The van der Waals surface area contributed by atoms with E-state index in [2.05, 4.69) is 127 Å². The monoisotopic (exact) mass is 511 g/mol. The fourth-order valence-corrected chi connectivity index (χ4v) is 6.08. The van der Waals surface area contributed by atoms with Crippen LogP contribution in [0.1, 0.15) is 47.1 Å². The molecule has 0 unspecified atom stereocenters. The molecule has 0 saturated carbocycles. The number of likely N-dealkylation sites (tertiary alicyclic amines) is 1. The molecule has 4 aromatic carbocycles. The van der Waals surface area contributed by atoms with E-state index in [1.54, 1.807) is 0 Å². The van der Waals surface area contributed by atoms with E-state index in [1.807, 2.05) is 0 Å². The normalized spacial score (nSPS) is 15.6. The summed E-state index contributed by atoms with van der Waals surface area (Å²) in [5.41, 5.74) is 6.22. The summed E-state index contributed by atoms with van der Waals surface area (Å²) in [7, 11) is 0. The second-order valence-electron chi connectivity index (χ2n) is 10.4. The molecule has 1 fully saturated rings. The molecule has 1 aliphatic rings. The molecular formula is C34H38ClNO. The van der Waals surface area contributed by atoms with Crippen molar-refractivity contribution in [2.24, 2.45) is 0 Å². The molecule has 37 heavy (non-hydrogen) atoms. The highest BCUT2D eigenvalue weighted by Gasteiger charge is 2.39. The number of aliphatic hydroxyl groups is 1. The number of hydrogen-bond acceptors (Lipinski definition) is 2. The van der Waals surface area contributed by atoms with Crippen molar-refractivity contribution in [3.8, 4) is 0 Å². The van der Waals surface area contributed by atoms with Gasteiger partial charge in [0.15, 0.2) is 0 Å². The Morgan fingerprint density at radius 1 is 0.676 bits per heavy atom. The van der Waals surface area contributed by atoms with Crippen LogP contribution in [0.25, 0.3) is 0 Å². The third kappa shape index (κ3) is 5.52. The highest BCUT2D eigenvalue weighted by Crippen LogP contribution is 2.43. The molecule has 4 aromatic rings. The first-order chi connectivity index (χ1) is 17.7. The van der Waals surface area contributed by atoms with Crippen LogP contribution in [0, 0.1) is 6.92 Å². The largest absolute Gasteiger partial charge is 0.395 e. The minimum absolute atomic E-state index is 0. The van der Waals surface area contributed by atoms with Crippen LogP contribution in [0.5, 0.6) is 0 Å². The Bertz CT molecular complexity index is 1120. The van der Waals surface area contributed by atoms with Crippen LogP contribution in [-0.4, -0.2) is 36.2 Å². The highest BCUT2D eigenvalue weighted by atomic mass is 35.5. The van der Waals surface area contributed by atoms with Gasteiger partial charge in [-0.05, 0) is 68.1 Å². The lowest BCUT2D eigenvalue weighted by Crippen LogP contribution is -2.46. The molecule has 192 valence electrons. The number of hydrogen-bond donors (Lipinski definition) is 1. The lowest BCUT2D eigenvalue weighted by atomic mass is 9.67. The van der Waals surface area contributed by atoms with Gasteiger partial charge in [0.1, 0.15) is 0 Å². The number of aryl methyl sites for hydroxylation is 1. The maximum atomic E-state index is 10.4. The second kappa shape index (κ2) is 12.1. The first-order valence-corrected chi connectivity index (χ1v) is 13.2. The van der Waals surface area contributed by atoms with Gasteiger partial charge in [0.05, 0.1) is 6.61 Å². The number of rotatable bonds is 8. The predicted molar refractivity (Wildman–Crippen MR) is 157 cm³/mol. The molecular weight excluding hydrogens is 474 g/mol. The quantitative estimate of drug-likeness (QED) is 0.253. The molecule has 0 bridgehead atoms. The fourth-order valence-electron chi connectivity index (χ4n) is 6.08. The molecule has 1 aliphatic heterocycles. The molecule has 0 aromatic heterocycles. The van der Waals surface area contributed by atoms with Crippen LogP contribution in [0.2, 0.25) is 0 Å². The first-order valence-electron chi connectivity index (χ1n) is 13.2. The smallest absolute Gasteiger partial charge is 0.0528 e. The zero-order valence-corrected chi connectivity index (χ0v) is 22.5. The Morgan fingerprint density at radius 3 is 1.51 bits per heavy atom. The van der Waals surface area contributed by atoms with E-state index >= 15 is 0 Å². The highest BCUT2D eigenvalue weighted by molar-refractivity contribution is 5.85. The summed E-state index contributed by atoms with van der Waals surface area (Å²) in [6.07, 6.45) is 2.98. The average Bonchev–Trinajstić information content (AvgIpc) is 2.96. The molecule has 0 atom stereocenters. The number of benzene rings is 4. The van der Waals surface area contributed by atoms with Crippen molar-refractivity contribution in [1.29, 1.82) is 0 Å². The Hall–Kier alpha value is -2.91. The number of nitrogens with zero attached hydrogens (tertiary/aromatic N) is 1. The van der Waals surface area contributed by atoms with Crippen molar-refractivity contribution in [2.75, 3.05) is 26.2 Å². The summed E-state index contributed by atoms with van der Waals surface area (Å²) in [6.45, 7) is 5.35. The molecule has 1 saturated heterocycles. The van der Waals surface area contributed by atoms with Crippen molar-refractivity contribution in [2.45, 2.75) is 37.0 Å². The third-order valence-electron chi connectivity index (χ3n) is 8.38. The van der Waals surface area contributed by atoms with Gasteiger partial charge in [0.25, 0.3) is 0 Å². The van der Waals surface area contributed by atoms with Crippen LogP contribution in [0.3, 0.4) is 0 Å². The van der Waals surface area contributed by atoms with Gasteiger partial charge in [-0.15, -0.1) is 12.4 Å². The fraction of sp³-hybridized carbons (Fsp3) is 0.294. The second-order valence-corrected chi connectivity index (χ2v) is 10.4. The van der Waals surface area contributed by atoms with Gasteiger partial charge in [-0.2, -0.15) is 0 Å². The van der Waals surface area contributed by atoms with Crippen LogP contribution in [-0.2, 0) is 10.8 Å². The summed E-state index contributed by atoms with van der Waals surface area (Å²) in [5.74, 6) is 0. The molecule has 2 nitrogen and oxygen atoms in total. The average molecular weight is 512 g/mol. The van der Waals surface area contributed by atoms with Crippen molar-refractivity contribution in [3.63, 3.8) is 0 Å². The Kier molecular flexibility index (Phi) is 8.87. The van der Waals surface area contributed by atoms with Crippen molar-refractivity contribution < 1.29 is 5.11 Å².